The maximum absolute atomic E-state index is 11.3. The van der Waals surface area contributed by atoms with Gasteiger partial charge in [0.05, 0.1) is 6.54 Å². The molecule has 21 heavy (non-hydrogen) atoms. The van der Waals surface area contributed by atoms with Gasteiger partial charge in [0.25, 0.3) is 0 Å². The minimum atomic E-state index is -0.997. The van der Waals surface area contributed by atoms with E-state index in [1.54, 1.807) is 6.20 Å². The average Bonchev–Trinajstić information content (AvgIpc) is 2.74. The second-order valence-electron chi connectivity index (χ2n) is 6.22. The molecule has 1 heterocycles. The van der Waals surface area contributed by atoms with Gasteiger partial charge in [-0.1, -0.05) is 44.5 Å². The molecule has 0 aliphatic rings. The molecule has 0 spiro atoms. The maximum Gasteiger partial charge on any atom is 0.112 e. The van der Waals surface area contributed by atoms with Crippen LogP contribution in [0.1, 0.15) is 32.2 Å². The fourth-order valence-electron chi connectivity index (χ4n) is 2.30. The Morgan fingerprint density at radius 3 is 2.19 bits per heavy atom. The molecule has 2 aromatic rings. The number of aryl methyl sites for hydroxylation is 1. The molecule has 0 amide bonds. The van der Waals surface area contributed by atoms with E-state index in [2.05, 4.69) is 4.98 Å². The van der Waals surface area contributed by atoms with E-state index >= 15 is 0 Å². The summed E-state index contributed by atoms with van der Waals surface area (Å²) in [7, 11) is 0. The monoisotopic (exact) mass is 328 g/mol. The quantitative estimate of drug-likeness (QED) is 0.916. The van der Waals surface area contributed by atoms with Crippen molar-refractivity contribution in [3.8, 4) is 0 Å². The molecular weight excluding hydrogens is 307 g/mol. The molecule has 5 heteroatoms. The van der Waals surface area contributed by atoms with E-state index < -0.39 is 5.60 Å². The van der Waals surface area contributed by atoms with Gasteiger partial charge < -0.3 is 9.67 Å². The fraction of sp³-hybridized carbons (Fsp3) is 0.438. The highest BCUT2D eigenvalue weighted by Crippen LogP contribution is 2.41. The van der Waals surface area contributed by atoms with Gasteiger partial charge in [-0.25, -0.2) is 4.98 Å². The van der Waals surface area contributed by atoms with Crippen LogP contribution in [0.3, 0.4) is 0 Å². The summed E-state index contributed by atoms with van der Waals surface area (Å²) < 4.78 is 1.97. The van der Waals surface area contributed by atoms with Crippen LogP contribution in [-0.4, -0.2) is 14.7 Å². The topological polar surface area (TPSA) is 38.0 Å². The van der Waals surface area contributed by atoms with Crippen LogP contribution in [0.5, 0.6) is 0 Å². The highest BCUT2D eigenvalue weighted by molar-refractivity contribution is 6.30. The highest BCUT2D eigenvalue weighted by Gasteiger charge is 2.42. The predicted molar refractivity (Wildman–Crippen MR) is 89.0 cm³/mol. The van der Waals surface area contributed by atoms with Gasteiger partial charge >= 0.3 is 0 Å². The van der Waals surface area contributed by atoms with E-state index in [9.17, 15) is 5.11 Å². The molecule has 116 valence electrons. The summed E-state index contributed by atoms with van der Waals surface area (Å²) in [6.45, 7) is 8.50. The van der Waals surface area contributed by atoms with Crippen molar-refractivity contribution in [2.45, 2.75) is 39.8 Å². The van der Waals surface area contributed by atoms with Gasteiger partial charge in [-0.05, 0) is 30.0 Å². The number of hydrogen-bond acceptors (Lipinski definition) is 2. The first-order chi connectivity index (χ1) is 9.24. The lowest BCUT2D eigenvalue weighted by Gasteiger charge is -2.41. The van der Waals surface area contributed by atoms with Crippen molar-refractivity contribution >= 4 is 24.0 Å². The van der Waals surface area contributed by atoms with Gasteiger partial charge in [0.1, 0.15) is 11.4 Å². The molecule has 1 N–H and O–H groups in total. The summed E-state index contributed by atoms with van der Waals surface area (Å²) in [4.78, 5) is 4.22. The van der Waals surface area contributed by atoms with E-state index in [1.165, 1.54) is 0 Å². The van der Waals surface area contributed by atoms with Gasteiger partial charge in [-0.3, -0.25) is 0 Å². The van der Waals surface area contributed by atoms with Gasteiger partial charge in [0.15, 0.2) is 0 Å². The second kappa shape index (κ2) is 6.39. The second-order valence-corrected chi connectivity index (χ2v) is 6.66. The zero-order valence-electron chi connectivity index (χ0n) is 12.8. The molecule has 1 atom stereocenters. The first-order valence-electron chi connectivity index (χ1n) is 6.70. The molecule has 1 aromatic heterocycles. The number of halogens is 2. The third-order valence-electron chi connectivity index (χ3n) is 3.89. The lowest BCUT2D eigenvalue weighted by molar-refractivity contribution is -0.0784. The summed E-state index contributed by atoms with van der Waals surface area (Å²) in [5.74, 6) is 0.890. The van der Waals surface area contributed by atoms with Crippen molar-refractivity contribution in [2.24, 2.45) is 5.41 Å². The summed E-state index contributed by atoms with van der Waals surface area (Å²) in [6.07, 6.45) is 3.64. The summed E-state index contributed by atoms with van der Waals surface area (Å²) in [5.41, 5.74) is -0.455. The van der Waals surface area contributed by atoms with Crippen LogP contribution in [0, 0.1) is 12.3 Å². The lowest BCUT2D eigenvalue weighted by atomic mass is 9.72. The highest BCUT2D eigenvalue weighted by atomic mass is 35.5. The Hall–Kier alpha value is -1.03. The predicted octanol–water partition coefficient (Wildman–Crippen LogP) is 4.20. The van der Waals surface area contributed by atoms with Gasteiger partial charge in [0, 0.05) is 17.4 Å². The Balaban J connectivity index is 0.00000220. The van der Waals surface area contributed by atoms with Gasteiger partial charge in [0.2, 0.25) is 0 Å². The number of aliphatic hydroxyl groups is 1. The van der Waals surface area contributed by atoms with E-state index in [-0.39, 0.29) is 17.8 Å². The van der Waals surface area contributed by atoms with Crippen LogP contribution in [0.2, 0.25) is 5.02 Å². The Labute approximate surface area is 137 Å². The SMILES string of the molecule is Cc1nccn1CC(O)(c1ccc(Cl)cc1)C(C)(C)C.Cl. The molecule has 0 saturated carbocycles. The molecule has 0 aliphatic carbocycles. The minimum Gasteiger partial charge on any atom is -0.383 e. The molecule has 3 nitrogen and oxygen atoms in total. The third kappa shape index (κ3) is 3.60. The van der Waals surface area contributed by atoms with Crippen LogP contribution in [0.15, 0.2) is 36.7 Å². The van der Waals surface area contributed by atoms with Crippen LogP contribution in [0.4, 0.5) is 0 Å². The third-order valence-corrected chi connectivity index (χ3v) is 4.14. The summed E-state index contributed by atoms with van der Waals surface area (Å²) >= 11 is 5.95. The van der Waals surface area contributed by atoms with Crippen molar-refractivity contribution in [3.05, 3.63) is 53.1 Å². The fourth-order valence-corrected chi connectivity index (χ4v) is 2.43. The van der Waals surface area contributed by atoms with Crippen LogP contribution >= 0.6 is 24.0 Å². The zero-order valence-corrected chi connectivity index (χ0v) is 14.4. The molecular formula is C16H22Cl2N2O. The standard InChI is InChI=1S/C16H21ClN2O.ClH/c1-12-18-9-10-19(12)11-16(20,15(2,3)4)13-5-7-14(17)8-6-13;/h5-10,20H,11H2,1-4H3;1H. The maximum atomic E-state index is 11.3. The zero-order chi connectivity index (χ0) is 15.0. The van der Waals surface area contributed by atoms with Crippen molar-refractivity contribution in [2.75, 3.05) is 0 Å². The Morgan fingerprint density at radius 2 is 1.76 bits per heavy atom. The van der Waals surface area contributed by atoms with Crippen molar-refractivity contribution in [3.63, 3.8) is 0 Å². The summed E-state index contributed by atoms with van der Waals surface area (Å²) in [5, 5.41) is 12.0. The molecule has 2 rings (SSSR count). The van der Waals surface area contributed by atoms with Crippen LogP contribution in [0.25, 0.3) is 0 Å². The number of imidazole rings is 1. The number of benzene rings is 1. The largest absolute Gasteiger partial charge is 0.383 e. The molecule has 0 radical (unpaired) electrons. The van der Waals surface area contributed by atoms with Crippen LogP contribution in [-0.2, 0) is 12.1 Å². The Kier molecular flexibility index (Phi) is 5.48. The molecule has 1 unspecified atom stereocenters. The van der Waals surface area contributed by atoms with E-state index in [1.807, 2.05) is 62.7 Å². The molecule has 0 fully saturated rings. The Morgan fingerprint density at radius 1 is 1.19 bits per heavy atom. The van der Waals surface area contributed by atoms with E-state index in [0.717, 1.165) is 11.4 Å². The van der Waals surface area contributed by atoms with Crippen molar-refractivity contribution < 1.29 is 5.11 Å². The number of hydrogen-bond donors (Lipinski definition) is 1. The molecule has 0 aliphatic heterocycles. The number of aromatic nitrogens is 2. The van der Waals surface area contributed by atoms with Gasteiger partial charge in [-0.2, -0.15) is 0 Å². The van der Waals surface area contributed by atoms with Gasteiger partial charge in [-0.15, -0.1) is 12.4 Å². The molecule has 0 bridgehead atoms. The number of nitrogens with zero attached hydrogens (tertiary/aromatic N) is 2. The first-order valence-corrected chi connectivity index (χ1v) is 7.08. The minimum absolute atomic E-state index is 0. The Bertz CT molecular complexity index is 587. The smallest absolute Gasteiger partial charge is 0.112 e. The molecule has 1 aromatic carbocycles. The van der Waals surface area contributed by atoms with Crippen LogP contribution < -0.4 is 0 Å². The van der Waals surface area contributed by atoms with E-state index in [0.29, 0.717) is 11.6 Å². The normalized spacial score (nSPS) is 14.4. The first kappa shape index (κ1) is 18.0. The van der Waals surface area contributed by atoms with E-state index in [4.69, 9.17) is 11.6 Å². The molecule has 0 saturated heterocycles. The lowest BCUT2D eigenvalue weighted by Crippen LogP contribution is -2.43. The van der Waals surface area contributed by atoms with Crippen molar-refractivity contribution in [1.82, 2.24) is 9.55 Å². The van der Waals surface area contributed by atoms with Crippen molar-refractivity contribution in [1.29, 1.82) is 0 Å². The average molecular weight is 329 g/mol. The number of rotatable bonds is 3. The summed E-state index contributed by atoms with van der Waals surface area (Å²) in [6, 6.07) is 7.41.